The number of amides is 1. The summed E-state index contributed by atoms with van der Waals surface area (Å²) >= 11 is 6.11. The van der Waals surface area contributed by atoms with E-state index in [0.717, 1.165) is 48.9 Å². The van der Waals surface area contributed by atoms with Gasteiger partial charge >= 0.3 is 6.09 Å². The summed E-state index contributed by atoms with van der Waals surface area (Å²) in [7, 11) is 0. The predicted molar refractivity (Wildman–Crippen MR) is 158 cm³/mol. The van der Waals surface area contributed by atoms with Gasteiger partial charge < -0.3 is 29.1 Å². The number of nitrogens with zero attached hydrogens (tertiary/aromatic N) is 5. The molecular weight excluding hydrogens is 560 g/mol. The third kappa shape index (κ3) is 6.43. The SMILES string of the molecule is O=C(O)Nc1ccc(N2CCN(c3ccc(OCC4COC(Cn5cncn5)(c5ccc(Cl)cc5)O4)cc3)CC2)cc1. The number of hydrogen-bond donors (Lipinski definition) is 2. The molecule has 3 heterocycles. The number of aromatic nitrogens is 3. The number of carbonyl (C=O) groups is 1. The molecule has 1 aromatic heterocycles. The molecule has 0 aliphatic carbocycles. The zero-order valence-corrected chi connectivity index (χ0v) is 23.6. The topological polar surface area (TPSA) is 114 Å². The molecule has 0 spiro atoms. The van der Waals surface area contributed by atoms with E-state index in [4.69, 9.17) is 30.9 Å². The van der Waals surface area contributed by atoms with Crippen LogP contribution < -0.4 is 19.9 Å². The van der Waals surface area contributed by atoms with Crippen molar-refractivity contribution >= 4 is 34.8 Å². The van der Waals surface area contributed by atoms with Gasteiger partial charge in [0.1, 0.15) is 37.7 Å². The minimum absolute atomic E-state index is 0.272. The van der Waals surface area contributed by atoms with Crippen LogP contribution in [-0.2, 0) is 21.8 Å². The Balaban J connectivity index is 1.02. The Labute approximate surface area is 248 Å². The first-order chi connectivity index (χ1) is 20.5. The van der Waals surface area contributed by atoms with Gasteiger partial charge in [-0.05, 0) is 60.7 Å². The highest BCUT2D eigenvalue weighted by molar-refractivity contribution is 6.30. The molecule has 0 radical (unpaired) electrons. The molecule has 2 aliphatic heterocycles. The Morgan fingerprint density at radius 2 is 1.62 bits per heavy atom. The van der Waals surface area contributed by atoms with E-state index in [1.807, 2.05) is 48.5 Å². The number of halogens is 1. The van der Waals surface area contributed by atoms with Crippen molar-refractivity contribution in [1.29, 1.82) is 0 Å². The average Bonchev–Trinajstić information content (AvgIpc) is 3.68. The zero-order valence-electron chi connectivity index (χ0n) is 22.8. The maximum absolute atomic E-state index is 10.8. The van der Waals surface area contributed by atoms with E-state index < -0.39 is 11.9 Å². The van der Waals surface area contributed by atoms with Crippen LogP contribution in [0, 0.1) is 0 Å². The highest BCUT2D eigenvalue weighted by Gasteiger charge is 2.44. The van der Waals surface area contributed by atoms with Crippen molar-refractivity contribution in [2.45, 2.75) is 18.4 Å². The van der Waals surface area contributed by atoms with E-state index in [-0.39, 0.29) is 6.10 Å². The lowest BCUT2D eigenvalue weighted by atomic mass is 10.1. The second-order valence-electron chi connectivity index (χ2n) is 10.2. The number of benzene rings is 3. The molecule has 0 saturated carbocycles. The van der Waals surface area contributed by atoms with Crippen LogP contribution in [0.5, 0.6) is 5.75 Å². The number of anilines is 3. The van der Waals surface area contributed by atoms with E-state index in [1.165, 1.54) is 6.33 Å². The second-order valence-corrected chi connectivity index (χ2v) is 10.6. The van der Waals surface area contributed by atoms with Crippen LogP contribution in [0.15, 0.2) is 85.5 Å². The molecule has 2 saturated heterocycles. The first-order valence-electron chi connectivity index (χ1n) is 13.7. The lowest BCUT2D eigenvalue weighted by molar-refractivity contribution is -0.190. The third-order valence-corrected chi connectivity index (χ3v) is 7.63. The fourth-order valence-electron chi connectivity index (χ4n) is 5.25. The Morgan fingerprint density at radius 3 is 2.21 bits per heavy atom. The van der Waals surface area contributed by atoms with Gasteiger partial charge in [0.15, 0.2) is 0 Å². The highest BCUT2D eigenvalue weighted by Crippen LogP contribution is 2.37. The van der Waals surface area contributed by atoms with Crippen molar-refractivity contribution in [2.24, 2.45) is 0 Å². The molecule has 218 valence electrons. The lowest BCUT2D eigenvalue weighted by Crippen LogP contribution is -2.46. The lowest BCUT2D eigenvalue weighted by Gasteiger charge is -2.37. The Hall–Kier alpha value is -4.32. The fraction of sp³-hybridized carbons (Fsp3) is 0.300. The molecule has 0 bridgehead atoms. The van der Waals surface area contributed by atoms with Crippen LogP contribution in [0.25, 0.3) is 0 Å². The maximum Gasteiger partial charge on any atom is 0.409 e. The number of hydrogen-bond acceptors (Lipinski definition) is 8. The van der Waals surface area contributed by atoms with Gasteiger partial charge in [-0.15, -0.1) is 0 Å². The van der Waals surface area contributed by atoms with Crippen molar-refractivity contribution < 1.29 is 24.1 Å². The molecule has 2 unspecified atom stereocenters. The second kappa shape index (κ2) is 12.3. The van der Waals surface area contributed by atoms with E-state index >= 15 is 0 Å². The van der Waals surface area contributed by atoms with Crippen molar-refractivity contribution in [2.75, 3.05) is 54.5 Å². The molecule has 3 aromatic carbocycles. The summed E-state index contributed by atoms with van der Waals surface area (Å²) < 4.78 is 20.4. The van der Waals surface area contributed by atoms with Gasteiger partial charge in [0.25, 0.3) is 0 Å². The quantitative estimate of drug-likeness (QED) is 0.286. The van der Waals surface area contributed by atoms with Gasteiger partial charge in [0, 0.05) is 53.8 Å². The standard InChI is InChI=1S/C30H31ClN6O5/c31-23-3-1-22(2-4-23)30(19-37-21-32-20-33-37)41-18-28(42-30)17-40-27-11-9-26(10-12-27)36-15-13-35(14-16-36)25-7-5-24(6-8-25)34-29(38)39/h1-12,20-21,28,34H,13-19H2,(H,38,39). The highest BCUT2D eigenvalue weighted by atomic mass is 35.5. The van der Waals surface area contributed by atoms with Gasteiger partial charge in [-0.2, -0.15) is 5.10 Å². The molecule has 12 heteroatoms. The molecule has 6 rings (SSSR count). The molecule has 2 fully saturated rings. The van der Waals surface area contributed by atoms with Crippen LogP contribution >= 0.6 is 11.6 Å². The van der Waals surface area contributed by atoms with Crippen molar-refractivity contribution in [3.63, 3.8) is 0 Å². The first-order valence-corrected chi connectivity index (χ1v) is 14.1. The van der Waals surface area contributed by atoms with Crippen molar-refractivity contribution in [1.82, 2.24) is 14.8 Å². The Bertz CT molecular complexity index is 1460. The summed E-state index contributed by atoms with van der Waals surface area (Å²) in [5.41, 5.74) is 3.63. The van der Waals surface area contributed by atoms with Gasteiger partial charge in [-0.1, -0.05) is 23.7 Å². The molecule has 2 N–H and O–H groups in total. The summed E-state index contributed by atoms with van der Waals surface area (Å²) in [4.78, 5) is 19.5. The molecule has 2 atom stereocenters. The fourth-order valence-corrected chi connectivity index (χ4v) is 5.37. The summed E-state index contributed by atoms with van der Waals surface area (Å²) in [6.45, 7) is 4.55. The molecule has 1 amide bonds. The van der Waals surface area contributed by atoms with E-state index in [1.54, 1.807) is 23.1 Å². The molecular formula is C30H31ClN6O5. The summed E-state index contributed by atoms with van der Waals surface area (Å²) in [6.07, 6.45) is 1.78. The normalized spacial score (nSPS) is 20.5. The average molecular weight is 591 g/mol. The summed E-state index contributed by atoms with van der Waals surface area (Å²) in [5, 5.41) is 16.1. The van der Waals surface area contributed by atoms with Gasteiger partial charge in [-0.3, -0.25) is 5.32 Å². The smallest absolute Gasteiger partial charge is 0.409 e. The van der Waals surface area contributed by atoms with Crippen molar-refractivity contribution in [3.05, 3.63) is 96.0 Å². The Kier molecular flexibility index (Phi) is 8.13. The first kappa shape index (κ1) is 27.8. The van der Waals surface area contributed by atoms with Gasteiger partial charge in [0.2, 0.25) is 5.79 Å². The minimum Gasteiger partial charge on any atom is -0.491 e. The van der Waals surface area contributed by atoms with Crippen LogP contribution in [0.1, 0.15) is 5.56 Å². The van der Waals surface area contributed by atoms with Crippen LogP contribution in [0.4, 0.5) is 21.9 Å². The molecule has 42 heavy (non-hydrogen) atoms. The monoisotopic (exact) mass is 590 g/mol. The number of nitrogens with one attached hydrogen (secondary N) is 1. The molecule has 4 aromatic rings. The minimum atomic E-state index is -1.07. The number of rotatable bonds is 9. The summed E-state index contributed by atoms with van der Waals surface area (Å²) in [5.74, 6) is -0.258. The number of carboxylic acid groups (broad SMARTS) is 1. The van der Waals surface area contributed by atoms with E-state index in [2.05, 4.69) is 37.3 Å². The maximum atomic E-state index is 10.8. The largest absolute Gasteiger partial charge is 0.491 e. The van der Waals surface area contributed by atoms with Gasteiger partial charge in [-0.25, -0.2) is 14.5 Å². The van der Waals surface area contributed by atoms with Crippen molar-refractivity contribution in [3.8, 4) is 5.75 Å². The number of piperazine rings is 1. The van der Waals surface area contributed by atoms with Crippen LogP contribution in [-0.4, -0.2) is 71.5 Å². The van der Waals surface area contributed by atoms with Crippen LogP contribution in [0.3, 0.4) is 0 Å². The Morgan fingerprint density at radius 1 is 0.976 bits per heavy atom. The van der Waals surface area contributed by atoms with Gasteiger partial charge in [0.05, 0.1) is 6.61 Å². The third-order valence-electron chi connectivity index (χ3n) is 7.38. The predicted octanol–water partition coefficient (Wildman–Crippen LogP) is 4.70. The zero-order chi connectivity index (χ0) is 28.9. The number of ether oxygens (including phenoxy) is 3. The van der Waals surface area contributed by atoms with E-state index in [0.29, 0.717) is 30.5 Å². The summed E-state index contributed by atoms with van der Waals surface area (Å²) in [6, 6.07) is 23.0. The molecule has 11 nitrogen and oxygen atoms in total. The molecule has 2 aliphatic rings. The van der Waals surface area contributed by atoms with Crippen LogP contribution in [0.2, 0.25) is 5.02 Å². The van der Waals surface area contributed by atoms with E-state index in [9.17, 15) is 4.79 Å².